The summed E-state index contributed by atoms with van der Waals surface area (Å²) in [7, 11) is 0. The summed E-state index contributed by atoms with van der Waals surface area (Å²) in [5, 5.41) is 3.14. The van der Waals surface area contributed by atoms with Crippen LogP contribution in [0.2, 0.25) is 0 Å². The van der Waals surface area contributed by atoms with Gasteiger partial charge >= 0.3 is 6.03 Å². The van der Waals surface area contributed by atoms with Crippen molar-refractivity contribution in [1.82, 2.24) is 9.80 Å². The Hall–Kier alpha value is -2.08. The lowest BCUT2D eigenvalue weighted by Crippen LogP contribution is -2.53. The lowest BCUT2D eigenvalue weighted by molar-refractivity contribution is -0.142. The van der Waals surface area contributed by atoms with Crippen molar-refractivity contribution in [2.75, 3.05) is 38.1 Å². The summed E-state index contributed by atoms with van der Waals surface area (Å²) in [5.74, 6) is 0.415. The third-order valence-corrected chi connectivity index (χ3v) is 5.50. The molecular weight excluding hydrogens is 342 g/mol. The van der Waals surface area contributed by atoms with Crippen molar-refractivity contribution in [3.63, 3.8) is 0 Å². The highest BCUT2D eigenvalue weighted by Crippen LogP contribution is 2.28. The topological polar surface area (TPSA) is 61.9 Å². The van der Waals surface area contributed by atoms with Gasteiger partial charge in [0.1, 0.15) is 6.10 Å². The van der Waals surface area contributed by atoms with Crippen molar-refractivity contribution < 1.29 is 14.3 Å². The van der Waals surface area contributed by atoms with E-state index in [9.17, 15) is 9.59 Å². The lowest BCUT2D eigenvalue weighted by atomic mass is 9.96. The molecule has 1 N–H and O–H groups in total. The number of anilines is 1. The third kappa shape index (κ3) is 4.43. The zero-order chi connectivity index (χ0) is 19.4. The zero-order valence-electron chi connectivity index (χ0n) is 16.7. The maximum Gasteiger partial charge on any atom is 0.321 e. The minimum Gasteiger partial charge on any atom is -0.368 e. The summed E-state index contributed by atoms with van der Waals surface area (Å²) < 4.78 is 5.50. The molecule has 6 heteroatoms. The van der Waals surface area contributed by atoms with Gasteiger partial charge < -0.3 is 19.9 Å². The van der Waals surface area contributed by atoms with E-state index in [4.69, 9.17) is 4.74 Å². The summed E-state index contributed by atoms with van der Waals surface area (Å²) in [6.45, 7) is 9.29. The number of nitrogens with zero attached hydrogens (tertiary/aromatic N) is 2. The molecule has 1 atom stereocenters. The maximum absolute atomic E-state index is 12.8. The molecule has 1 unspecified atom stereocenters. The van der Waals surface area contributed by atoms with Crippen molar-refractivity contribution in [3.8, 4) is 0 Å². The van der Waals surface area contributed by atoms with E-state index in [0.717, 1.165) is 36.1 Å². The number of rotatable bonds is 4. The van der Waals surface area contributed by atoms with E-state index in [-0.39, 0.29) is 18.0 Å². The minimum atomic E-state index is -0.282. The first-order chi connectivity index (χ1) is 13.0. The molecule has 27 heavy (non-hydrogen) atoms. The standard InChI is InChI=1S/C21H31N3O3/c1-4-16-7-5-8-17(15(2)3)19(16)22-21(26)24-12-10-23(11-13-24)20(25)18-9-6-14-27-18/h5,7-8,15,18H,4,6,9-14H2,1-3H3,(H,22,26). The quantitative estimate of drug-likeness (QED) is 0.881. The molecular formula is C21H31N3O3. The Morgan fingerprint density at radius 3 is 2.48 bits per heavy atom. The monoisotopic (exact) mass is 373 g/mol. The molecule has 0 aromatic heterocycles. The number of ether oxygens (including phenoxy) is 1. The van der Waals surface area contributed by atoms with Gasteiger partial charge in [0, 0.05) is 38.5 Å². The van der Waals surface area contributed by atoms with Crippen LogP contribution in [0.25, 0.3) is 0 Å². The van der Waals surface area contributed by atoms with Crippen molar-refractivity contribution in [2.24, 2.45) is 0 Å². The van der Waals surface area contributed by atoms with Crippen molar-refractivity contribution >= 4 is 17.6 Å². The molecule has 2 fully saturated rings. The summed E-state index contributed by atoms with van der Waals surface area (Å²) in [6.07, 6.45) is 2.36. The number of benzene rings is 1. The first-order valence-electron chi connectivity index (χ1n) is 10.1. The molecule has 6 nitrogen and oxygen atoms in total. The second kappa shape index (κ2) is 8.74. The van der Waals surface area contributed by atoms with Crippen molar-refractivity contribution in [1.29, 1.82) is 0 Å². The first-order valence-corrected chi connectivity index (χ1v) is 10.1. The van der Waals surface area contributed by atoms with Crippen LogP contribution < -0.4 is 5.32 Å². The smallest absolute Gasteiger partial charge is 0.321 e. The SMILES string of the molecule is CCc1cccc(C(C)C)c1NC(=O)N1CCN(C(=O)C2CCCO2)CC1. The Morgan fingerprint density at radius 2 is 1.89 bits per heavy atom. The van der Waals surface area contributed by atoms with Crippen LogP contribution in [0.1, 0.15) is 50.7 Å². The number of hydrogen-bond acceptors (Lipinski definition) is 3. The fraction of sp³-hybridized carbons (Fsp3) is 0.619. The molecule has 3 rings (SSSR count). The minimum absolute atomic E-state index is 0.0750. The highest BCUT2D eigenvalue weighted by atomic mass is 16.5. The van der Waals surface area contributed by atoms with Crippen LogP contribution in [-0.2, 0) is 16.0 Å². The lowest BCUT2D eigenvalue weighted by Gasteiger charge is -2.36. The molecule has 0 aliphatic carbocycles. The van der Waals surface area contributed by atoms with Gasteiger partial charge in [0.15, 0.2) is 0 Å². The second-order valence-corrected chi connectivity index (χ2v) is 7.63. The van der Waals surface area contributed by atoms with Gasteiger partial charge in [-0.1, -0.05) is 39.0 Å². The summed E-state index contributed by atoms with van der Waals surface area (Å²) >= 11 is 0. The van der Waals surface area contributed by atoms with Gasteiger partial charge in [0.2, 0.25) is 0 Å². The fourth-order valence-electron chi connectivity index (χ4n) is 3.84. The number of aryl methyl sites for hydroxylation is 1. The van der Waals surface area contributed by atoms with E-state index >= 15 is 0 Å². The Bertz CT molecular complexity index is 675. The molecule has 2 aliphatic rings. The van der Waals surface area contributed by atoms with Gasteiger partial charge in [-0.3, -0.25) is 4.79 Å². The average molecular weight is 373 g/mol. The van der Waals surface area contributed by atoms with Crippen LogP contribution in [0, 0.1) is 0 Å². The molecule has 0 bridgehead atoms. The third-order valence-electron chi connectivity index (χ3n) is 5.50. The van der Waals surface area contributed by atoms with Gasteiger partial charge in [-0.25, -0.2) is 4.79 Å². The van der Waals surface area contributed by atoms with Crippen molar-refractivity contribution in [2.45, 2.75) is 52.1 Å². The van der Waals surface area contributed by atoms with Crippen LogP contribution in [0.4, 0.5) is 10.5 Å². The molecule has 3 amide bonds. The normalized spacial score (nSPS) is 20.2. The number of carbonyl (C=O) groups is 2. The average Bonchev–Trinajstić information content (AvgIpc) is 3.22. The van der Waals surface area contributed by atoms with Crippen molar-refractivity contribution in [3.05, 3.63) is 29.3 Å². The number of carbonyl (C=O) groups excluding carboxylic acids is 2. The molecule has 1 aromatic rings. The number of urea groups is 1. The summed E-state index contributed by atoms with van der Waals surface area (Å²) in [6, 6.07) is 6.12. The molecule has 0 saturated carbocycles. The first kappa shape index (κ1) is 19.7. The van der Waals surface area contributed by atoms with E-state index in [1.165, 1.54) is 0 Å². The van der Waals surface area contributed by atoms with Gasteiger partial charge in [0.05, 0.1) is 0 Å². The van der Waals surface area contributed by atoms with Crippen LogP contribution in [0.3, 0.4) is 0 Å². The van der Waals surface area contributed by atoms with Gasteiger partial charge in [-0.15, -0.1) is 0 Å². The van der Waals surface area contributed by atoms with Crippen LogP contribution in [0.5, 0.6) is 0 Å². The zero-order valence-corrected chi connectivity index (χ0v) is 16.7. The Morgan fingerprint density at radius 1 is 1.19 bits per heavy atom. The van der Waals surface area contributed by atoms with Crippen LogP contribution in [-0.4, -0.2) is 60.6 Å². The van der Waals surface area contributed by atoms with Crippen LogP contribution in [0.15, 0.2) is 18.2 Å². The van der Waals surface area contributed by atoms with Gasteiger partial charge in [-0.2, -0.15) is 0 Å². The van der Waals surface area contributed by atoms with E-state index < -0.39 is 0 Å². The Kier molecular flexibility index (Phi) is 6.37. The fourth-order valence-corrected chi connectivity index (χ4v) is 3.84. The molecule has 0 spiro atoms. The highest BCUT2D eigenvalue weighted by molar-refractivity contribution is 5.91. The predicted octanol–water partition coefficient (Wildman–Crippen LogP) is 3.23. The molecule has 2 heterocycles. The van der Waals surface area contributed by atoms with E-state index in [2.05, 4.69) is 44.3 Å². The van der Waals surface area contributed by atoms with E-state index in [1.807, 2.05) is 4.90 Å². The second-order valence-electron chi connectivity index (χ2n) is 7.63. The maximum atomic E-state index is 12.8. The number of hydrogen-bond donors (Lipinski definition) is 1. The molecule has 2 saturated heterocycles. The summed E-state index contributed by atoms with van der Waals surface area (Å²) in [4.78, 5) is 28.9. The Balaban J connectivity index is 1.61. The van der Waals surface area contributed by atoms with Gasteiger partial charge in [0.25, 0.3) is 5.91 Å². The highest BCUT2D eigenvalue weighted by Gasteiger charge is 2.31. The van der Waals surface area contributed by atoms with E-state index in [0.29, 0.717) is 38.7 Å². The molecule has 1 aromatic carbocycles. The summed E-state index contributed by atoms with van der Waals surface area (Å²) in [5.41, 5.74) is 3.26. The number of amides is 3. The molecule has 148 valence electrons. The van der Waals surface area contributed by atoms with E-state index in [1.54, 1.807) is 4.90 Å². The predicted molar refractivity (Wildman–Crippen MR) is 106 cm³/mol. The largest absolute Gasteiger partial charge is 0.368 e. The molecule has 0 radical (unpaired) electrons. The van der Waals surface area contributed by atoms with Crippen LogP contribution >= 0.6 is 0 Å². The number of piperazine rings is 1. The van der Waals surface area contributed by atoms with Gasteiger partial charge in [-0.05, 0) is 36.3 Å². The molecule has 2 aliphatic heterocycles. The number of nitrogens with one attached hydrogen (secondary N) is 1. The Labute approximate surface area is 161 Å². The number of para-hydroxylation sites is 1.